The van der Waals surface area contributed by atoms with Crippen LogP contribution in [0.25, 0.3) is 0 Å². The van der Waals surface area contributed by atoms with E-state index in [9.17, 15) is 4.79 Å². The number of rotatable bonds is 6. The van der Waals surface area contributed by atoms with E-state index in [1.165, 1.54) is 12.8 Å². The second-order valence-corrected chi connectivity index (χ2v) is 5.90. The minimum atomic E-state index is -0.182. The van der Waals surface area contributed by atoms with Gasteiger partial charge < -0.3 is 14.4 Å². The number of hydrogen-bond acceptors (Lipinski definition) is 4. The van der Waals surface area contributed by atoms with E-state index in [1.807, 2.05) is 13.8 Å². The second-order valence-electron chi connectivity index (χ2n) is 5.90. The minimum Gasteiger partial charge on any atom is -0.448 e. The summed E-state index contributed by atoms with van der Waals surface area (Å²) in [4.78, 5) is 16.2. The highest BCUT2D eigenvalue weighted by atomic mass is 16.6. The first-order valence-corrected chi connectivity index (χ1v) is 7.84. The average molecular weight is 284 g/mol. The van der Waals surface area contributed by atoms with Gasteiger partial charge in [0.15, 0.2) is 0 Å². The first-order valence-electron chi connectivity index (χ1n) is 7.84. The lowest BCUT2D eigenvalue weighted by molar-refractivity contribution is 0.0275. The summed E-state index contributed by atoms with van der Waals surface area (Å²) in [5, 5.41) is 0. The van der Waals surface area contributed by atoms with Gasteiger partial charge in [0.1, 0.15) is 6.61 Å². The van der Waals surface area contributed by atoms with Crippen molar-refractivity contribution in [3.8, 4) is 0 Å². The topological polar surface area (TPSA) is 42.0 Å². The maximum atomic E-state index is 11.9. The Kier molecular flexibility index (Phi) is 5.27. The summed E-state index contributed by atoms with van der Waals surface area (Å²) in [6.45, 7) is 7.79. The molecule has 1 amide bonds. The molecule has 2 fully saturated rings. The molecule has 0 radical (unpaired) electrons. The third kappa shape index (κ3) is 2.93. The second kappa shape index (κ2) is 6.76. The Hall–Kier alpha value is -0.810. The molecule has 0 saturated carbocycles. The van der Waals surface area contributed by atoms with Gasteiger partial charge >= 0.3 is 6.09 Å². The van der Waals surface area contributed by atoms with E-state index in [2.05, 4.69) is 4.90 Å². The van der Waals surface area contributed by atoms with Crippen LogP contribution in [0.1, 0.15) is 39.5 Å². The standard InChI is InChI=1S/C15H28N2O3/c1-4-16(5-2)14(18)20-11-13-7-9-15(12-19-3)8-6-10-17(13)15/h13H,4-12H2,1-3H3/t13-,15-/m0/s1. The van der Waals surface area contributed by atoms with Crippen molar-refractivity contribution in [3.05, 3.63) is 0 Å². The Morgan fingerprint density at radius 2 is 2.10 bits per heavy atom. The Labute approximate surface area is 122 Å². The van der Waals surface area contributed by atoms with Gasteiger partial charge in [0.2, 0.25) is 0 Å². The van der Waals surface area contributed by atoms with Gasteiger partial charge in [-0.05, 0) is 46.1 Å². The van der Waals surface area contributed by atoms with Gasteiger partial charge in [-0.15, -0.1) is 0 Å². The fourth-order valence-electron chi connectivity index (χ4n) is 3.80. The zero-order valence-electron chi connectivity index (χ0n) is 13.1. The molecule has 0 unspecified atom stereocenters. The van der Waals surface area contributed by atoms with Crippen LogP contribution in [0, 0.1) is 0 Å². The molecule has 116 valence electrons. The lowest BCUT2D eigenvalue weighted by atomic mass is 9.95. The van der Waals surface area contributed by atoms with Crippen molar-refractivity contribution in [2.75, 3.05) is 40.0 Å². The van der Waals surface area contributed by atoms with Crippen LogP contribution < -0.4 is 0 Å². The number of carbonyl (C=O) groups excluding carboxylic acids is 1. The molecule has 2 saturated heterocycles. The predicted octanol–water partition coefficient (Wildman–Crippen LogP) is 2.11. The quantitative estimate of drug-likeness (QED) is 0.749. The zero-order valence-corrected chi connectivity index (χ0v) is 13.1. The number of hydrogen-bond donors (Lipinski definition) is 0. The van der Waals surface area contributed by atoms with E-state index in [1.54, 1.807) is 12.0 Å². The molecular formula is C15H28N2O3. The molecule has 0 spiro atoms. The lowest BCUT2D eigenvalue weighted by Crippen LogP contribution is -2.47. The van der Waals surface area contributed by atoms with Crippen LogP contribution in [-0.4, -0.2) is 67.4 Å². The van der Waals surface area contributed by atoms with Gasteiger partial charge in [0.05, 0.1) is 6.61 Å². The number of fused-ring (bicyclic) bond motifs is 1. The van der Waals surface area contributed by atoms with E-state index in [0.717, 1.165) is 26.0 Å². The summed E-state index contributed by atoms with van der Waals surface area (Å²) in [7, 11) is 1.78. The average Bonchev–Trinajstić information content (AvgIpc) is 2.97. The molecule has 0 aliphatic carbocycles. The zero-order chi connectivity index (χ0) is 14.6. The number of ether oxygens (including phenoxy) is 2. The molecule has 0 aromatic heterocycles. The van der Waals surface area contributed by atoms with Crippen molar-refractivity contribution >= 4 is 6.09 Å². The van der Waals surface area contributed by atoms with Gasteiger partial charge in [-0.25, -0.2) is 4.79 Å². The minimum absolute atomic E-state index is 0.182. The first kappa shape index (κ1) is 15.6. The van der Waals surface area contributed by atoms with Crippen molar-refractivity contribution in [1.82, 2.24) is 9.80 Å². The molecule has 2 atom stereocenters. The fourth-order valence-corrected chi connectivity index (χ4v) is 3.80. The fraction of sp³-hybridized carbons (Fsp3) is 0.933. The summed E-state index contributed by atoms with van der Waals surface area (Å²) >= 11 is 0. The Morgan fingerprint density at radius 1 is 1.35 bits per heavy atom. The van der Waals surface area contributed by atoms with Crippen molar-refractivity contribution in [2.24, 2.45) is 0 Å². The number of carbonyl (C=O) groups is 1. The number of methoxy groups -OCH3 is 1. The molecule has 2 aliphatic rings. The van der Waals surface area contributed by atoms with Crippen LogP contribution in [0.3, 0.4) is 0 Å². The maximum Gasteiger partial charge on any atom is 0.409 e. The van der Waals surface area contributed by atoms with E-state index in [4.69, 9.17) is 9.47 Å². The van der Waals surface area contributed by atoms with Crippen LogP contribution in [0.4, 0.5) is 4.79 Å². The van der Waals surface area contributed by atoms with Gasteiger partial charge in [-0.1, -0.05) is 0 Å². The lowest BCUT2D eigenvalue weighted by Gasteiger charge is -2.34. The van der Waals surface area contributed by atoms with Crippen LogP contribution in [0.2, 0.25) is 0 Å². The van der Waals surface area contributed by atoms with E-state index in [0.29, 0.717) is 25.7 Å². The van der Waals surface area contributed by atoms with Gasteiger partial charge in [0.25, 0.3) is 0 Å². The summed E-state index contributed by atoms with van der Waals surface area (Å²) < 4.78 is 10.9. The van der Waals surface area contributed by atoms with Crippen LogP contribution in [-0.2, 0) is 9.47 Å². The third-order valence-corrected chi connectivity index (χ3v) is 4.87. The number of nitrogens with zero attached hydrogens (tertiary/aromatic N) is 2. The smallest absolute Gasteiger partial charge is 0.409 e. The van der Waals surface area contributed by atoms with Crippen molar-refractivity contribution in [1.29, 1.82) is 0 Å². The predicted molar refractivity (Wildman–Crippen MR) is 77.8 cm³/mol. The van der Waals surface area contributed by atoms with Crippen LogP contribution in [0.15, 0.2) is 0 Å². The SMILES string of the molecule is CCN(CC)C(=O)OC[C@@H]1CC[C@]2(COC)CCCN12. The van der Waals surface area contributed by atoms with Crippen molar-refractivity contribution in [3.63, 3.8) is 0 Å². The molecule has 2 aliphatic heterocycles. The summed E-state index contributed by atoms with van der Waals surface area (Å²) in [5.74, 6) is 0. The highest BCUT2D eigenvalue weighted by Crippen LogP contribution is 2.42. The summed E-state index contributed by atoms with van der Waals surface area (Å²) in [6, 6.07) is 0.368. The highest BCUT2D eigenvalue weighted by Gasteiger charge is 2.49. The van der Waals surface area contributed by atoms with E-state index >= 15 is 0 Å². The largest absolute Gasteiger partial charge is 0.448 e. The Balaban J connectivity index is 1.87. The van der Waals surface area contributed by atoms with Gasteiger partial charge in [0, 0.05) is 31.8 Å². The molecular weight excluding hydrogens is 256 g/mol. The van der Waals surface area contributed by atoms with Gasteiger partial charge in [-0.3, -0.25) is 4.90 Å². The molecule has 20 heavy (non-hydrogen) atoms. The monoisotopic (exact) mass is 284 g/mol. The highest BCUT2D eigenvalue weighted by molar-refractivity contribution is 5.67. The molecule has 0 aromatic rings. The van der Waals surface area contributed by atoms with E-state index < -0.39 is 0 Å². The van der Waals surface area contributed by atoms with Crippen molar-refractivity contribution < 1.29 is 14.3 Å². The summed E-state index contributed by atoms with van der Waals surface area (Å²) in [6.07, 6.45) is 4.52. The van der Waals surface area contributed by atoms with Gasteiger partial charge in [-0.2, -0.15) is 0 Å². The molecule has 5 heteroatoms. The van der Waals surface area contributed by atoms with Crippen molar-refractivity contribution in [2.45, 2.75) is 51.1 Å². The normalized spacial score (nSPS) is 29.4. The first-order chi connectivity index (χ1) is 9.66. The van der Waals surface area contributed by atoms with E-state index in [-0.39, 0.29) is 11.6 Å². The molecule has 0 N–H and O–H groups in total. The molecule has 2 heterocycles. The molecule has 0 aromatic carbocycles. The van der Waals surface area contributed by atoms with Crippen LogP contribution in [0.5, 0.6) is 0 Å². The molecule has 2 rings (SSSR count). The summed E-state index contributed by atoms with van der Waals surface area (Å²) in [5.41, 5.74) is 0.209. The Bertz CT molecular complexity index is 333. The molecule has 5 nitrogen and oxygen atoms in total. The Morgan fingerprint density at radius 3 is 2.75 bits per heavy atom. The maximum absolute atomic E-state index is 11.9. The van der Waals surface area contributed by atoms with Crippen LogP contribution >= 0.6 is 0 Å². The molecule has 0 bridgehead atoms. The number of amides is 1. The third-order valence-electron chi connectivity index (χ3n) is 4.87.